The fourth-order valence-electron chi connectivity index (χ4n) is 0.928. The summed E-state index contributed by atoms with van der Waals surface area (Å²) < 4.78 is 20.1. The maximum atomic E-state index is 10.6. The largest absolute Gasteiger partial charge is 0.524 e. The Morgan fingerprint density at radius 3 is 2.36 bits per heavy atom. The van der Waals surface area contributed by atoms with E-state index >= 15 is 0 Å². The third-order valence-electron chi connectivity index (χ3n) is 1.37. The van der Waals surface area contributed by atoms with Crippen LogP contribution in [0.4, 0.5) is 0 Å². The Kier molecular flexibility index (Phi) is 3.52. The van der Waals surface area contributed by atoms with Crippen molar-refractivity contribution in [1.82, 2.24) is 0 Å². The maximum Gasteiger partial charge on any atom is 0.524 e. The molecule has 0 aliphatic heterocycles. The molecule has 14 heavy (non-hydrogen) atoms. The second-order valence-corrected chi connectivity index (χ2v) is 3.63. The first-order chi connectivity index (χ1) is 6.53. The predicted molar refractivity (Wildman–Crippen MR) is 50.3 cm³/mol. The van der Waals surface area contributed by atoms with E-state index in [-0.39, 0.29) is 5.75 Å². The van der Waals surface area contributed by atoms with Gasteiger partial charge in [-0.1, -0.05) is 12.1 Å². The fourth-order valence-corrected chi connectivity index (χ4v) is 1.34. The smallest absolute Gasteiger partial charge is 0.490 e. The minimum absolute atomic E-state index is 0.0442. The average Bonchev–Trinajstić information content (AvgIpc) is 2.06. The van der Waals surface area contributed by atoms with Gasteiger partial charge in [0.15, 0.2) is 11.5 Å². The first kappa shape index (κ1) is 11.0. The molecule has 1 aromatic carbocycles. The minimum Gasteiger partial charge on any atom is -0.490 e. The molecular weight excluding hydrogens is 207 g/mol. The van der Waals surface area contributed by atoms with Gasteiger partial charge in [0, 0.05) is 0 Å². The molecule has 0 aliphatic rings. The highest BCUT2D eigenvalue weighted by molar-refractivity contribution is 7.46. The number of rotatable bonds is 4. The molecule has 0 fully saturated rings. The first-order valence-electron chi connectivity index (χ1n) is 4.00. The zero-order chi connectivity index (χ0) is 10.6. The molecule has 0 saturated heterocycles. The number of hydrogen-bond acceptors (Lipinski definition) is 3. The highest BCUT2D eigenvalue weighted by atomic mass is 31.2. The van der Waals surface area contributed by atoms with Crippen LogP contribution in [0, 0.1) is 0 Å². The SMILES string of the molecule is CCOc1ccccc1OP(=O)(O)O. The molecule has 0 saturated carbocycles. The Morgan fingerprint density at radius 1 is 1.29 bits per heavy atom. The van der Waals surface area contributed by atoms with Crippen LogP contribution in [-0.4, -0.2) is 16.4 Å². The van der Waals surface area contributed by atoms with Crippen LogP contribution in [0.5, 0.6) is 11.5 Å². The molecule has 0 amide bonds. The zero-order valence-electron chi connectivity index (χ0n) is 7.58. The van der Waals surface area contributed by atoms with Crippen molar-refractivity contribution in [1.29, 1.82) is 0 Å². The van der Waals surface area contributed by atoms with E-state index in [0.717, 1.165) is 0 Å². The second kappa shape index (κ2) is 4.46. The molecule has 0 aliphatic carbocycles. The molecule has 1 rings (SSSR count). The average molecular weight is 218 g/mol. The lowest BCUT2D eigenvalue weighted by Gasteiger charge is -2.11. The van der Waals surface area contributed by atoms with Crippen molar-refractivity contribution in [2.24, 2.45) is 0 Å². The van der Waals surface area contributed by atoms with E-state index in [9.17, 15) is 4.57 Å². The van der Waals surface area contributed by atoms with E-state index in [1.54, 1.807) is 25.1 Å². The molecular formula is C8H11O5P. The molecule has 0 atom stereocenters. The number of ether oxygens (including phenoxy) is 1. The Bertz CT molecular complexity index is 345. The van der Waals surface area contributed by atoms with Crippen LogP contribution in [0.3, 0.4) is 0 Å². The number of phosphoric acid groups is 1. The van der Waals surface area contributed by atoms with Crippen molar-refractivity contribution in [3.63, 3.8) is 0 Å². The van der Waals surface area contributed by atoms with Gasteiger partial charge in [-0.3, -0.25) is 9.79 Å². The van der Waals surface area contributed by atoms with E-state index in [1.807, 2.05) is 0 Å². The monoisotopic (exact) mass is 218 g/mol. The lowest BCUT2D eigenvalue weighted by Crippen LogP contribution is -1.96. The third kappa shape index (κ3) is 3.38. The topological polar surface area (TPSA) is 76.0 Å². The van der Waals surface area contributed by atoms with Gasteiger partial charge < -0.3 is 9.26 Å². The molecule has 1 aromatic rings. The quantitative estimate of drug-likeness (QED) is 0.750. The van der Waals surface area contributed by atoms with Crippen molar-refractivity contribution < 1.29 is 23.6 Å². The molecule has 5 nitrogen and oxygen atoms in total. The highest BCUT2D eigenvalue weighted by Gasteiger charge is 2.18. The standard InChI is InChI=1S/C8H11O5P/c1-2-12-7-5-3-4-6-8(7)13-14(9,10)11/h3-6H,2H2,1H3,(H2,9,10,11). The number of benzene rings is 1. The van der Waals surface area contributed by atoms with Gasteiger partial charge in [0.2, 0.25) is 0 Å². The minimum atomic E-state index is -4.52. The van der Waals surface area contributed by atoms with E-state index in [1.165, 1.54) is 6.07 Å². The molecule has 0 bridgehead atoms. The number of phosphoric ester groups is 1. The van der Waals surface area contributed by atoms with Crippen molar-refractivity contribution in [3.8, 4) is 11.5 Å². The molecule has 6 heteroatoms. The van der Waals surface area contributed by atoms with Gasteiger partial charge in [-0.15, -0.1) is 0 Å². The van der Waals surface area contributed by atoms with Gasteiger partial charge in [0.25, 0.3) is 0 Å². The zero-order valence-corrected chi connectivity index (χ0v) is 8.48. The van der Waals surface area contributed by atoms with E-state index in [0.29, 0.717) is 12.4 Å². The molecule has 0 heterocycles. The Labute approximate surface area is 81.5 Å². The summed E-state index contributed by atoms with van der Waals surface area (Å²) in [5.74, 6) is 0.362. The molecule has 78 valence electrons. The van der Waals surface area contributed by atoms with Crippen LogP contribution in [-0.2, 0) is 4.57 Å². The van der Waals surface area contributed by atoms with Crippen molar-refractivity contribution >= 4 is 7.82 Å². The van der Waals surface area contributed by atoms with Crippen LogP contribution < -0.4 is 9.26 Å². The van der Waals surface area contributed by atoms with Crippen molar-refractivity contribution in [2.45, 2.75) is 6.92 Å². The van der Waals surface area contributed by atoms with Crippen molar-refractivity contribution in [2.75, 3.05) is 6.61 Å². The van der Waals surface area contributed by atoms with Gasteiger partial charge in [0.05, 0.1) is 6.61 Å². The Morgan fingerprint density at radius 2 is 1.86 bits per heavy atom. The van der Waals surface area contributed by atoms with E-state index < -0.39 is 7.82 Å². The van der Waals surface area contributed by atoms with Crippen LogP contribution >= 0.6 is 7.82 Å². The summed E-state index contributed by atoms with van der Waals surface area (Å²) in [5.41, 5.74) is 0. The van der Waals surface area contributed by atoms with Crippen LogP contribution in [0.1, 0.15) is 6.92 Å². The van der Waals surface area contributed by atoms with Crippen LogP contribution in [0.2, 0.25) is 0 Å². The molecule has 0 radical (unpaired) electrons. The lowest BCUT2D eigenvalue weighted by molar-refractivity contribution is 0.270. The van der Waals surface area contributed by atoms with Gasteiger partial charge in [-0.2, -0.15) is 0 Å². The highest BCUT2D eigenvalue weighted by Crippen LogP contribution is 2.41. The number of hydrogen-bond donors (Lipinski definition) is 2. The normalized spacial score (nSPS) is 11.1. The molecule has 2 N–H and O–H groups in total. The van der Waals surface area contributed by atoms with E-state index in [4.69, 9.17) is 14.5 Å². The molecule has 0 unspecified atom stereocenters. The number of para-hydroxylation sites is 2. The van der Waals surface area contributed by atoms with Gasteiger partial charge >= 0.3 is 7.82 Å². The van der Waals surface area contributed by atoms with Crippen LogP contribution in [0.15, 0.2) is 24.3 Å². The summed E-state index contributed by atoms with van der Waals surface area (Å²) in [6.07, 6.45) is 0. The van der Waals surface area contributed by atoms with Gasteiger partial charge in [-0.25, -0.2) is 4.57 Å². The summed E-state index contributed by atoms with van der Waals surface area (Å²) in [6, 6.07) is 6.31. The van der Waals surface area contributed by atoms with Crippen LogP contribution in [0.25, 0.3) is 0 Å². The third-order valence-corrected chi connectivity index (χ3v) is 1.80. The van der Waals surface area contributed by atoms with Crippen molar-refractivity contribution in [3.05, 3.63) is 24.3 Å². The predicted octanol–water partition coefficient (Wildman–Crippen LogP) is 1.56. The van der Waals surface area contributed by atoms with Gasteiger partial charge in [-0.05, 0) is 19.1 Å². The summed E-state index contributed by atoms with van der Waals surface area (Å²) in [6.45, 7) is 2.18. The molecule has 0 spiro atoms. The first-order valence-corrected chi connectivity index (χ1v) is 5.53. The Hall–Kier alpha value is -1.03. The summed E-state index contributed by atoms with van der Waals surface area (Å²) in [7, 11) is -4.52. The molecule has 0 aromatic heterocycles. The lowest BCUT2D eigenvalue weighted by atomic mass is 10.3. The van der Waals surface area contributed by atoms with Gasteiger partial charge in [0.1, 0.15) is 0 Å². The Balaban J connectivity index is 2.90. The summed E-state index contributed by atoms with van der Waals surface area (Å²) in [4.78, 5) is 17.2. The fraction of sp³-hybridized carbons (Fsp3) is 0.250. The summed E-state index contributed by atoms with van der Waals surface area (Å²) >= 11 is 0. The second-order valence-electron chi connectivity index (χ2n) is 2.46. The maximum absolute atomic E-state index is 10.6. The van der Waals surface area contributed by atoms with E-state index in [2.05, 4.69) is 4.52 Å². The summed E-state index contributed by atoms with van der Waals surface area (Å²) in [5, 5.41) is 0.